The monoisotopic (exact) mass is 615 g/mol. The summed E-state index contributed by atoms with van der Waals surface area (Å²) in [6, 6.07) is 3.27. The van der Waals surface area contributed by atoms with Gasteiger partial charge in [-0.3, -0.25) is 4.68 Å². The molecule has 220 valence electrons. The molecule has 0 radical (unpaired) electrons. The second-order valence-corrected chi connectivity index (χ2v) is 9.04. The van der Waals surface area contributed by atoms with Crippen molar-refractivity contribution in [1.82, 2.24) is 39.5 Å². The van der Waals surface area contributed by atoms with Crippen LogP contribution in [0, 0.1) is 11.0 Å². The van der Waals surface area contributed by atoms with E-state index >= 15 is 4.39 Å². The van der Waals surface area contributed by atoms with Crippen molar-refractivity contribution in [2.45, 2.75) is 25.3 Å². The third-order valence-electron chi connectivity index (χ3n) is 6.02. The molecule has 0 amide bonds. The standard InChI is InChI=1S/C24H18ClF6N9O2/c1-37-22(32-12-34-37)14-8-33-38(9-14)16(6-7-42-23(27)28)17-4-2-13(10-40(17)41)20-18(5-3-15(25)21(20)26)39-11-19(35-36-39)24(29,30)31/h2-5,8-12,16,23H,6-7H2,1H3/i7D2. The van der Waals surface area contributed by atoms with Crippen LogP contribution in [0.4, 0.5) is 26.3 Å². The number of pyridine rings is 1. The van der Waals surface area contributed by atoms with Crippen molar-refractivity contribution in [3.05, 3.63) is 82.8 Å². The highest BCUT2D eigenvalue weighted by Crippen LogP contribution is 2.35. The van der Waals surface area contributed by atoms with E-state index in [1.54, 1.807) is 7.05 Å². The van der Waals surface area contributed by atoms with E-state index in [0.717, 1.165) is 23.0 Å². The van der Waals surface area contributed by atoms with Crippen LogP contribution in [0.15, 0.2) is 55.4 Å². The van der Waals surface area contributed by atoms with Gasteiger partial charge in [-0.05, 0) is 18.2 Å². The molecule has 11 nitrogen and oxygen atoms in total. The molecule has 1 aromatic carbocycles. The Morgan fingerprint density at radius 1 is 1.14 bits per heavy atom. The Kier molecular flexibility index (Phi) is 7.16. The SMILES string of the molecule is [2H]C([2H])(CC(c1ccc(-c2c(-n3cc(C(F)(F)F)nn3)ccc(Cl)c2F)c[n+]1[O-])n1cc(-c2ncnn2C)cn1)OC(F)F. The van der Waals surface area contributed by atoms with Crippen LogP contribution >= 0.6 is 11.6 Å². The van der Waals surface area contributed by atoms with Crippen molar-refractivity contribution in [1.29, 1.82) is 0 Å². The lowest BCUT2D eigenvalue weighted by Gasteiger charge is -2.18. The van der Waals surface area contributed by atoms with Gasteiger partial charge in [0.1, 0.15) is 12.4 Å². The average molecular weight is 616 g/mol. The van der Waals surface area contributed by atoms with Crippen LogP contribution in [-0.2, 0) is 18.0 Å². The molecule has 42 heavy (non-hydrogen) atoms. The lowest BCUT2D eigenvalue weighted by Crippen LogP contribution is -2.36. The van der Waals surface area contributed by atoms with Crippen molar-refractivity contribution in [2.24, 2.45) is 7.05 Å². The topological polar surface area (TPSA) is 115 Å². The van der Waals surface area contributed by atoms with Crippen LogP contribution in [0.25, 0.3) is 28.2 Å². The molecule has 0 N–H and O–H groups in total. The fourth-order valence-electron chi connectivity index (χ4n) is 4.12. The van der Waals surface area contributed by atoms with Gasteiger partial charge in [0.2, 0.25) is 5.69 Å². The zero-order chi connectivity index (χ0) is 32.0. The summed E-state index contributed by atoms with van der Waals surface area (Å²) in [5, 5.41) is 27.6. The van der Waals surface area contributed by atoms with E-state index in [2.05, 4.69) is 30.2 Å². The van der Waals surface area contributed by atoms with E-state index in [4.69, 9.17) is 14.3 Å². The Morgan fingerprint density at radius 2 is 1.93 bits per heavy atom. The van der Waals surface area contributed by atoms with Gasteiger partial charge in [0.15, 0.2) is 23.5 Å². The number of alkyl halides is 5. The molecule has 0 bridgehead atoms. The van der Waals surface area contributed by atoms with Crippen molar-refractivity contribution >= 4 is 11.6 Å². The zero-order valence-corrected chi connectivity index (χ0v) is 21.8. The zero-order valence-electron chi connectivity index (χ0n) is 23.0. The van der Waals surface area contributed by atoms with Gasteiger partial charge >= 0.3 is 12.8 Å². The van der Waals surface area contributed by atoms with E-state index in [0.29, 0.717) is 22.3 Å². The number of aromatic nitrogens is 9. The van der Waals surface area contributed by atoms with E-state index in [9.17, 15) is 27.2 Å². The maximum atomic E-state index is 15.4. The second-order valence-electron chi connectivity index (χ2n) is 8.63. The Labute approximate surface area is 239 Å². The summed E-state index contributed by atoms with van der Waals surface area (Å²) in [6.45, 7) is -6.42. The fourth-order valence-corrected chi connectivity index (χ4v) is 4.28. The summed E-state index contributed by atoms with van der Waals surface area (Å²) in [5.74, 6) is -0.725. The number of aryl methyl sites for hydroxylation is 1. The molecule has 4 heterocycles. The summed E-state index contributed by atoms with van der Waals surface area (Å²) >= 11 is 5.95. The summed E-state index contributed by atoms with van der Waals surface area (Å²) in [6.07, 6.45) is -0.275. The van der Waals surface area contributed by atoms with E-state index < -0.39 is 53.9 Å². The minimum absolute atomic E-state index is 0.159. The van der Waals surface area contributed by atoms with E-state index in [-0.39, 0.29) is 21.7 Å². The quantitative estimate of drug-likeness (QED) is 0.135. The number of rotatable bonds is 9. The normalized spacial score (nSPS) is 13.8. The number of hydrogen-bond acceptors (Lipinski definition) is 7. The lowest BCUT2D eigenvalue weighted by atomic mass is 10.0. The predicted octanol–water partition coefficient (Wildman–Crippen LogP) is 4.59. The van der Waals surface area contributed by atoms with Crippen LogP contribution < -0.4 is 4.73 Å². The summed E-state index contributed by atoms with van der Waals surface area (Å²) < 4.78 is 104. The van der Waals surface area contributed by atoms with Gasteiger partial charge in [-0.15, -0.1) is 5.10 Å². The number of nitrogens with zero attached hydrogens (tertiary/aromatic N) is 9. The highest BCUT2D eigenvalue weighted by molar-refractivity contribution is 6.31. The molecule has 0 saturated carbocycles. The largest absolute Gasteiger partial charge is 0.618 e. The van der Waals surface area contributed by atoms with Crippen molar-refractivity contribution < 1.29 is 38.6 Å². The molecule has 5 rings (SSSR count). The third-order valence-corrected chi connectivity index (χ3v) is 6.31. The third kappa shape index (κ3) is 5.78. The van der Waals surface area contributed by atoms with Crippen molar-refractivity contribution in [2.75, 3.05) is 6.56 Å². The van der Waals surface area contributed by atoms with Crippen LogP contribution in [0.3, 0.4) is 0 Å². The fraction of sp³-hybridized carbons (Fsp3) is 0.250. The molecule has 0 fully saturated rings. The Morgan fingerprint density at radius 3 is 2.57 bits per heavy atom. The average Bonchev–Trinajstić information content (AvgIpc) is 3.69. The molecule has 0 aliphatic rings. The van der Waals surface area contributed by atoms with Crippen LogP contribution in [-0.4, -0.2) is 52.7 Å². The molecule has 1 atom stereocenters. The molecule has 5 aromatic rings. The molecule has 0 aliphatic heterocycles. The minimum atomic E-state index is -4.84. The first-order valence-corrected chi connectivity index (χ1v) is 12.1. The highest BCUT2D eigenvalue weighted by Gasteiger charge is 2.35. The molecule has 4 aromatic heterocycles. The van der Waals surface area contributed by atoms with Crippen molar-refractivity contribution in [3.63, 3.8) is 0 Å². The Balaban J connectivity index is 1.59. The van der Waals surface area contributed by atoms with Gasteiger partial charge in [-0.1, -0.05) is 16.8 Å². The van der Waals surface area contributed by atoms with Crippen LogP contribution in [0.2, 0.25) is 5.02 Å². The Hall–Kier alpha value is -4.51. The number of hydrogen-bond donors (Lipinski definition) is 0. The smallest absolute Gasteiger partial charge is 0.436 e. The molecule has 18 heteroatoms. The molecular weight excluding hydrogens is 596 g/mol. The molecule has 0 saturated heterocycles. The molecular formula is C24H18ClF6N9O2. The summed E-state index contributed by atoms with van der Waals surface area (Å²) in [7, 11) is 1.60. The van der Waals surface area contributed by atoms with E-state index in [1.807, 2.05) is 0 Å². The first-order chi connectivity index (χ1) is 20.6. The van der Waals surface area contributed by atoms with Gasteiger partial charge in [0.25, 0.3) is 0 Å². The minimum Gasteiger partial charge on any atom is -0.618 e. The Bertz CT molecular complexity index is 1810. The highest BCUT2D eigenvalue weighted by atomic mass is 35.5. The van der Waals surface area contributed by atoms with Gasteiger partial charge in [0, 0.05) is 25.7 Å². The second kappa shape index (κ2) is 11.4. The first kappa shape index (κ1) is 26.4. The summed E-state index contributed by atoms with van der Waals surface area (Å²) in [4.78, 5) is 4.08. The molecule has 0 aliphatic carbocycles. The molecule has 0 spiro atoms. The number of halogens is 7. The van der Waals surface area contributed by atoms with Gasteiger partial charge < -0.3 is 9.94 Å². The van der Waals surface area contributed by atoms with Crippen molar-refractivity contribution in [3.8, 4) is 28.2 Å². The predicted molar refractivity (Wildman–Crippen MR) is 133 cm³/mol. The first-order valence-electron chi connectivity index (χ1n) is 12.7. The van der Waals surface area contributed by atoms with Gasteiger partial charge in [-0.25, -0.2) is 18.7 Å². The molecule has 1 unspecified atom stereocenters. The maximum Gasteiger partial charge on any atom is 0.436 e. The van der Waals surface area contributed by atoms with Gasteiger partial charge in [-0.2, -0.15) is 36.9 Å². The van der Waals surface area contributed by atoms with Crippen LogP contribution in [0.5, 0.6) is 0 Å². The maximum absolute atomic E-state index is 15.4. The number of benzene rings is 1. The van der Waals surface area contributed by atoms with Crippen LogP contribution in [0.1, 0.15) is 26.6 Å². The van der Waals surface area contributed by atoms with Gasteiger partial charge in [0.05, 0.1) is 49.1 Å². The lowest BCUT2D eigenvalue weighted by molar-refractivity contribution is -0.615. The van der Waals surface area contributed by atoms with E-state index in [1.165, 1.54) is 35.5 Å². The number of ether oxygens (including phenoxy) is 1. The summed E-state index contributed by atoms with van der Waals surface area (Å²) in [5.41, 5.74) is -1.97.